The number of halogens is 1. The number of amides is 1. The quantitative estimate of drug-likeness (QED) is 0.252. The molecule has 1 amide bonds. The van der Waals surface area contributed by atoms with Crippen molar-refractivity contribution in [3.8, 4) is 11.3 Å². The fourth-order valence-electron chi connectivity index (χ4n) is 4.21. The van der Waals surface area contributed by atoms with E-state index in [1.54, 1.807) is 18.2 Å². The molecule has 0 aliphatic heterocycles. The molecule has 6 heteroatoms. The van der Waals surface area contributed by atoms with E-state index in [1.165, 1.54) is 0 Å². The Morgan fingerprint density at radius 3 is 2.05 bits per heavy atom. The van der Waals surface area contributed by atoms with Crippen LogP contribution in [0.5, 0.6) is 0 Å². The van der Waals surface area contributed by atoms with Gasteiger partial charge in [-0.15, -0.1) is 0 Å². The summed E-state index contributed by atoms with van der Waals surface area (Å²) in [6, 6.07) is 35.2. The zero-order valence-electron chi connectivity index (χ0n) is 19.8. The first-order valence-corrected chi connectivity index (χ1v) is 12.2. The molecular formula is C31H23ClN2O3. The van der Waals surface area contributed by atoms with Gasteiger partial charge in [0.15, 0.2) is 6.61 Å². The van der Waals surface area contributed by atoms with Gasteiger partial charge in [-0.2, -0.15) is 0 Å². The molecule has 0 aliphatic rings. The Morgan fingerprint density at radius 2 is 1.38 bits per heavy atom. The van der Waals surface area contributed by atoms with Crippen LogP contribution in [0.2, 0.25) is 5.02 Å². The van der Waals surface area contributed by atoms with Crippen molar-refractivity contribution >= 4 is 34.4 Å². The highest BCUT2D eigenvalue weighted by Crippen LogP contribution is 2.30. The van der Waals surface area contributed by atoms with Crippen LogP contribution in [0.3, 0.4) is 0 Å². The number of carbonyl (C=O) groups is 2. The van der Waals surface area contributed by atoms with E-state index in [-0.39, 0.29) is 6.04 Å². The lowest BCUT2D eigenvalue weighted by Gasteiger charge is -2.20. The SMILES string of the molecule is O=C(COC(=O)c1cc(-c2ccccc2Cl)nc2ccccc12)NC(c1ccccc1)c1ccccc1. The van der Waals surface area contributed by atoms with Crippen molar-refractivity contribution in [3.63, 3.8) is 0 Å². The molecule has 0 radical (unpaired) electrons. The Bertz CT molecular complexity index is 1520. The van der Waals surface area contributed by atoms with E-state index in [0.717, 1.165) is 11.1 Å². The van der Waals surface area contributed by atoms with Crippen LogP contribution in [-0.4, -0.2) is 23.5 Å². The number of nitrogens with one attached hydrogen (secondary N) is 1. The van der Waals surface area contributed by atoms with Gasteiger partial charge in [-0.05, 0) is 29.3 Å². The number of esters is 1. The molecule has 0 aliphatic carbocycles. The third-order valence-corrected chi connectivity index (χ3v) is 6.32. The van der Waals surface area contributed by atoms with Crippen LogP contribution < -0.4 is 5.32 Å². The molecule has 0 unspecified atom stereocenters. The molecule has 0 saturated carbocycles. The lowest BCUT2D eigenvalue weighted by Crippen LogP contribution is -2.33. The van der Waals surface area contributed by atoms with Gasteiger partial charge in [-0.3, -0.25) is 4.79 Å². The molecule has 0 atom stereocenters. The number of aromatic nitrogens is 1. The summed E-state index contributed by atoms with van der Waals surface area (Å²) in [4.78, 5) is 30.8. The molecule has 37 heavy (non-hydrogen) atoms. The molecule has 4 aromatic carbocycles. The van der Waals surface area contributed by atoms with Gasteiger partial charge in [0.25, 0.3) is 5.91 Å². The molecular weight excluding hydrogens is 484 g/mol. The Hall–Kier alpha value is -4.48. The molecule has 0 spiro atoms. The van der Waals surface area contributed by atoms with Crippen molar-refractivity contribution in [2.24, 2.45) is 0 Å². The molecule has 5 aromatic rings. The van der Waals surface area contributed by atoms with Crippen LogP contribution >= 0.6 is 11.6 Å². The summed E-state index contributed by atoms with van der Waals surface area (Å²) in [6.45, 7) is -0.424. The number of rotatable bonds is 7. The van der Waals surface area contributed by atoms with Crippen LogP contribution in [0.1, 0.15) is 27.5 Å². The van der Waals surface area contributed by atoms with Gasteiger partial charge in [0, 0.05) is 16.0 Å². The Labute approximate surface area is 219 Å². The molecule has 5 nitrogen and oxygen atoms in total. The standard InChI is InChI=1S/C31H23ClN2O3/c32-26-17-9-7-16-24(26)28-19-25(23-15-8-10-18-27(23)33-28)31(36)37-20-29(35)34-30(21-11-3-1-4-12-21)22-13-5-2-6-14-22/h1-19,30H,20H2,(H,34,35). The third-order valence-electron chi connectivity index (χ3n) is 5.99. The monoisotopic (exact) mass is 506 g/mol. The van der Waals surface area contributed by atoms with Crippen LogP contribution in [0.15, 0.2) is 115 Å². The zero-order valence-corrected chi connectivity index (χ0v) is 20.6. The summed E-state index contributed by atoms with van der Waals surface area (Å²) in [7, 11) is 0. The van der Waals surface area contributed by atoms with Crippen LogP contribution in [0, 0.1) is 0 Å². The minimum absolute atomic E-state index is 0.316. The van der Waals surface area contributed by atoms with E-state index < -0.39 is 18.5 Å². The molecule has 5 rings (SSSR count). The molecule has 182 valence electrons. The number of ether oxygens (including phenoxy) is 1. The van der Waals surface area contributed by atoms with Gasteiger partial charge in [-0.25, -0.2) is 9.78 Å². The summed E-state index contributed by atoms with van der Waals surface area (Å²) < 4.78 is 5.48. The van der Waals surface area contributed by atoms with E-state index in [0.29, 0.717) is 32.7 Å². The summed E-state index contributed by atoms with van der Waals surface area (Å²) in [5.41, 5.74) is 4.06. The second-order valence-electron chi connectivity index (χ2n) is 8.45. The normalized spacial score (nSPS) is 10.9. The molecule has 0 saturated heterocycles. The Morgan fingerprint density at radius 1 is 0.784 bits per heavy atom. The smallest absolute Gasteiger partial charge is 0.339 e. The van der Waals surface area contributed by atoms with Gasteiger partial charge in [-0.1, -0.05) is 109 Å². The number of fused-ring (bicyclic) bond motifs is 1. The van der Waals surface area contributed by atoms with Crippen molar-refractivity contribution in [3.05, 3.63) is 137 Å². The predicted octanol–water partition coefficient (Wildman–Crippen LogP) is 6.62. The average Bonchev–Trinajstić information content (AvgIpc) is 2.95. The minimum Gasteiger partial charge on any atom is -0.452 e. The van der Waals surface area contributed by atoms with E-state index in [1.807, 2.05) is 97.1 Å². The highest BCUT2D eigenvalue weighted by atomic mass is 35.5. The van der Waals surface area contributed by atoms with Crippen molar-refractivity contribution < 1.29 is 14.3 Å². The maximum absolute atomic E-state index is 13.2. The second-order valence-corrected chi connectivity index (χ2v) is 8.86. The number of hydrogen-bond acceptors (Lipinski definition) is 4. The Kier molecular flexibility index (Phi) is 7.24. The van der Waals surface area contributed by atoms with Crippen LogP contribution in [0.25, 0.3) is 22.2 Å². The highest BCUT2D eigenvalue weighted by Gasteiger charge is 2.20. The van der Waals surface area contributed by atoms with Crippen molar-refractivity contribution in [2.75, 3.05) is 6.61 Å². The van der Waals surface area contributed by atoms with Gasteiger partial charge >= 0.3 is 5.97 Å². The number of hydrogen-bond donors (Lipinski definition) is 1. The number of para-hydroxylation sites is 1. The summed E-state index contributed by atoms with van der Waals surface area (Å²) >= 11 is 6.38. The fraction of sp³-hybridized carbons (Fsp3) is 0.0645. The van der Waals surface area contributed by atoms with Gasteiger partial charge in [0.05, 0.1) is 22.8 Å². The topological polar surface area (TPSA) is 68.3 Å². The number of benzene rings is 4. The molecule has 0 fully saturated rings. The minimum atomic E-state index is -0.613. The summed E-state index contributed by atoms with van der Waals surface area (Å²) in [5.74, 6) is -1.02. The molecule has 1 N–H and O–H groups in total. The van der Waals surface area contributed by atoms with E-state index in [2.05, 4.69) is 10.3 Å². The van der Waals surface area contributed by atoms with Crippen LogP contribution in [0.4, 0.5) is 0 Å². The second kappa shape index (κ2) is 11.1. The van der Waals surface area contributed by atoms with Gasteiger partial charge in [0.1, 0.15) is 0 Å². The average molecular weight is 507 g/mol. The van der Waals surface area contributed by atoms with Crippen molar-refractivity contribution in [1.82, 2.24) is 10.3 Å². The van der Waals surface area contributed by atoms with E-state index in [9.17, 15) is 9.59 Å². The van der Waals surface area contributed by atoms with E-state index >= 15 is 0 Å². The maximum Gasteiger partial charge on any atom is 0.339 e. The Balaban J connectivity index is 1.37. The number of nitrogens with zero attached hydrogens (tertiary/aromatic N) is 1. The molecule has 0 bridgehead atoms. The van der Waals surface area contributed by atoms with Crippen LogP contribution in [-0.2, 0) is 9.53 Å². The lowest BCUT2D eigenvalue weighted by atomic mass is 9.99. The number of carbonyl (C=O) groups excluding carboxylic acids is 2. The summed E-state index contributed by atoms with van der Waals surface area (Å²) in [5, 5.41) is 4.15. The first-order chi connectivity index (χ1) is 18.1. The van der Waals surface area contributed by atoms with Crippen molar-refractivity contribution in [2.45, 2.75) is 6.04 Å². The predicted molar refractivity (Wildman–Crippen MR) is 145 cm³/mol. The van der Waals surface area contributed by atoms with E-state index in [4.69, 9.17) is 16.3 Å². The first kappa shape index (κ1) is 24.2. The zero-order chi connectivity index (χ0) is 25.6. The lowest BCUT2D eigenvalue weighted by molar-refractivity contribution is -0.124. The van der Waals surface area contributed by atoms with Gasteiger partial charge < -0.3 is 10.1 Å². The maximum atomic E-state index is 13.2. The largest absolute Gasteiger partial charge is 0.452 e. The first-order valence-electron chi connectivity index (χ1n) is 11.8. The van der Waals surface area contributed by atoms with Crippen molar-refractivity contribution in [1.29, 1.82) is 0 Å². The third kappa shape index (κ3) is 5.52. The molecule has 1 aromatic heterocycles. The fourth-order valence-corrected chi connectivity index (χ4v) is 4.45. The highest BCUT2D eigenvalue weighted by molar-refractivity contribution is 6.33. The summed E-state index contributed by atoms with van der Waals surface area (Å²) in [6.07, 6.45) is 0. The van der Waals surface area contributed by atoms with Gasteiger partial charge in [0.2, 0.25) is 0 Å². The molecule has 1 heterocycles. The number of pyridine rings is 1.